The van der Waals surface area contributed by atoms with Crippen molar-refractivity contribution in [3.05, 3.63) is 65.2 Å². The van der Waals surface area contributed by atoms with Gasteiger partial charge in [0.05, 0.1) is 24.9 Å². The number of aliphatic hydroxyl groups is 2. The van der Waals surface area contributed by atoms with E-state index in [1.165, 1.54) is 26.2 Å². The first kappa shape index (κ1) is 27.7. The Morgan fingerprint density at radius 1 is 1.03 bits per heavy atom. The average molecular weight is 561 g/mol. The first-order valence-corrected chi connectivity index (χ1v) is 14.4. The Hall–Kier alpha value is -2.30. The molecule has 0 amide bonds. The summed E-state index contributed by atoms with van der Waals surface area (Å²) in [7, 11) is 0. The van der Waals surface area contributed by atoms with Crippen molar-refractivity contribution in [2.45, 2.75) is 63.6 Å². The van der Waals surface area contributed by atoms with E-state index in [1.54, 1.807) is 0 Å². The molecular weight excluding hydrogens is 535 g/mol. The van der Waals surface area contributed by atoms with Crippen molar-refractivity contribution in [1.82, 2.24) is 19.1 Å². The molecule has 2 aromatic rings. The van der Waals surface area contributed by atoms with E-state index in [0.29, 0.717) is 11.4 Å². The third kappa shape index (κ3) is 6.07. The molecule has 0 saturated carbocycles. The summed E-state index contributed by atoms with van der Waals surface area (Å²) < 4.78 is 31.4. The van der Waals surface area contributed by atoms with Crippen molar-refractivity contribution in [3.8, 4) is 0 Å². The van der Waals surface area contributed by atoms with Gasteiger partial charge in [0.2, 0.25) is 0 Å². The highest BCUT2D eigenvalue weighted by molar-refractivity contribution is 8.54. The molecule has 4 rings (SSSR count). The van der Waals surface area contributed by atoms with Crippen LogP contribution in [0.1, 0.15) is 36.4 Å². The third-order valence-electron chi connectivity index (χ3n) is 6.14. The van der Waals surface area contributed by atoms with E-state index in [1.807, 2.05) is 0 Å². The normalized spacial score (nSPS) is 29.4. The van der Waals surface area contributed by atoms with E-state index < -0.39 is 72.8 Å². The molecule has 2 aliphatic heterocycles. The summed E-state index contributed by atoms with van der Waals surface area (Å²) in [5, 5.41) is 20.0. The van der Waals surface area contributed by atoms with Crippen LogP contribution in [0.3, 0.4) is 0 Å². The minimum atomic E-state index is -4.61. The summed E-state index contributed by atoms with van der Waals surface area (Å²) in [5.41, 5.74) is -2.08. The van der Waals surface area contributed by atoms with Crippen LogP contribution < -0.4 is 27.4 Å². The topological polar surface area (TPSA) is 218 Å². The molecule has 0 aromatic carbocycles. The lowest BCUT2D eigenvalue weighted by molar-refractivity contribution is -0.195. The van der Waals surface area contributed by atoms with Crippen LogP contribution >= 0.6 is 18.2 Å². The molecule has 37 heavy (non-hydrogen) atoms. The van der Waals surface area contributed by atoms with Gasteiger partial charge in [-0.05, 0) is 13.8 Å². The number of nitrogens with zero attached hydrogens (tertiary/aromatic N) is 2. The maximum Gasteiger partial charge on any atom is 0.330 e. The molecular formula is C20H26N4O11PS-. The van der Waals surface area contributed by atoms with Gasteiger partial charge in [-0.3, -0.25) is 33.3 Å². The van der Waals surface area contributed by atoms with Gasteiger partial charge in [0.25, 0.3) is 11.1 Å². The van der Waals surface area contributed by atoms with E-state index in [9.17, 15) is 38.8 Å². The van der Waals surface area contributed by atoms with Crippen LogP contribution in [0, 0.1) is 13.8 Å². The predicted molar refractivity (Wildman–Crippen MR) is 127 cm³/mol. The zero-order valence-electron chi connectivity index (χ0n) is 19.8. The molecule has 0 radical (unpaired) electrons. The molecule has 7 atom stereocenters. The summed E-state index contributed by atoms with van der Waals surface area (Å²) in [6.45, 7) is -2.20. The molecule has 2 fully saturated rings. The molecule has 2 aromatic heterocycles. The van der Waals surface area contributed by atoms with Gasteiger partial charge in [0, 0.05) is 42.1 Å². The number of aromatic nitrogens is 4. The average Bonchev–Trinajstić information content (AvgIpc) is 3.39. The van der Waals surface area contributed by atoms with Crippen LogP contribution in [0.15, 0.2) is 31.6 Å². The number of H-pyrrole nitrogens is 2. The molecule has 1 unspecified atom stereocenters. The van der Waals surface area contributed by atoms with Crippen LogP contribution in [0.25, 0.3) is 0 Å². The second-order valence-corrected chi connectivity index (χ2v) is 12.6. The molecule has 0 spiro atoms. The van der Waals surface area contributed by atoms with Crippen molar-refractivity contribution in [2.75, 3.05) is 12.4 Å². The molecule has 15 nitrogen and oxygen atoms in total. The Morgan fingerprint density at radius 2 is 1.54 bits per heavy atom. The second-order valence-electron chi connectivity index (χ2n) is 8.82. The number of hydrogen-bond donors (Lipinski definition) is 4. The van der Waals surface area contributed by atoms with Crippen molar-refractivity contribution in [2.24, 2.45) is 0 Å². The van der Waals surface area contributed by atoms with Gasteiger partial charge in [-0.15, -0.1) is 0 Å². The van der Waals surface area contributed by atoms with Gasteiger partial charge in [0.15, 0.2) is 6.80 Å². The maximum absolute atomic E-state index is 12.7. The minimum absolute atomic E-state index is 0.00129. The summed E-state index contributed by atoms with van der Waals surface area (Å²) in [6.07, 6.45) is -3.61. The molecule has 17 heteroatoms. The van der Waals surface area contributed by atoms with E-state index in [2.05, 4.69) is 9.97 Å². The quantitative estimate of drug-likeness (QED) is 0.263. The number of aliphatic hydroxyl groups excluding tert-OH is 2. The number of hydrogen-bond acceptors (Lipinski definition) is 12. The third-order valence-corrected chi connectivity index (χ3v) is 9.12. The number of rotatable bonds is 8. The van der Waals surface area contributed by atoms with E-state index in [0.717, 1.165) is 9.13 Å². The standard InChI is InChI=1S/C20H27N4O11PS/c1-9-5-23(19(29)21-17(9)27)15-3-11(26)14(34-15)8-37-36(31,32)35-12-4-16(33-13(12)7-25)24-6-10(2)18(28)22-20(24)30/h5-6,11-16,25-26H,3-4,7-8H2,1-2H3,(H,31,32)(H,21,27,29)(H,22,28,30)/p-1/t11-,12-,13+,14+,15+,16+/m0/s1. The van der Waals surface area contributed by atoms with Crippen molar-refractivity contribution < 1.29 is 33.7 Å². The summed E-state index contributed by atoms with van der Waals surface area (Å²) in [6, 6.07) is 0. The zero-order chi connectivity index (χ0) is 27.1. The van der Waals surface area contributed by atoms with Gasteiger partial charge in [-0.1, -0.05) is 11.4 Å². The Morgan fingerprint density at radius 3 is 2.08 bits per heavy atom. The number of ether oxygens (including phenoxy) is 2. The highest BCUT2D eigenvalue weighted by Crippen LogP contribution is 2.55. The van der Waals surface area contributed by atoms with Crippen LogP contribution in [0.5, 0.6) is 0 Å². The number of aryl methyl sites for hydroxylation is 2. The molecule has 4 N–H and O–H groups in total. The molecule has 0 bridgehead atoms. The Bertz CT molecular complexity index is 1430. The van der Waals surface area contributed by atoms with Gasteiger partial charge in [0.1, 0.15) is 18.6 Å². The monoisotopic (exact) mass is 561 g/mol. The smallest absolute Gasteiger partial charge is 0.330 e. The zero-order valence-corrected chi connectivity index (χ0v) is 21.5. The molecule has 0 aliphatic carbocycles. The molecule has 4 heterocycles. The maximum atomic E-state index is 12.7. The summed E-state index contributed by atoms with van der Waals surface area (Å²) >= 11 is 0.385. The second kappa shape index (κ2) is 10.8. The number of aromatic amines is 2. The van der Waals surface area contributed by atoms with Crippen molar-refractivity contribution >= 4 is 18.2 Å². The molecule has 2 saturated heterocycles. The fourth-order valence-corrected chi connectivity index (χ4v) is 6.89. The first-order valence-electron chi connectivity index (χ1n) is 11.3. The van der Waals surface area contributed by atoms with Crippen LogP contribution in [-0.4, -0.2) is 66.1 Å². The SMILES string of the molecule is Cc1cn([C@H]2C[C@H](OP(=O)([O-])SC[C@H]3O[C@@H](n4cc(C)c(=O)[nH]c4=O)C[C@@H]3O)[C@@H](CO)O2)c(=O)[nH]c1=O. The van der Waals surface area contributed by atoms with Crippen molar-refractivity contribution in [1.29, 1.82) is 0 Å². The Kier molecular flexibility index (Phi) is 8.11. The highest BCUT2D eigenvalue weighted by Gasteiger charge is 2.40. The fourth-order valence-electron chi connectivity index (χ4n) is 4.14. The minimum Gasteiger partial charge on any atom is -0.770 e. The van der Waals surface area contributed by atoms with Gasteiger partial charge in [-0.2, -0.15) is 0 Å². The largest absolute Gasteiger partial charge is 0.770 e. The molecule has 204 valence electrons. The van der Waals surface area contributed by atoms with Crippen LogP contribution in [-0.2, 0) is 18.6 Å². The van der Waals surface area contributed by atoms with Gasteiger partial charge < -0.3 is 29.1 Å². The predicted octanol–water partition coefficient (Wildman–Crippen LogP) is -1.78. The first-order chi connectivity index (χ1) is 17.4. The highest BCUT2D eigenvalue weighted by atomic mass is 32.7. The Labute approximate surface area is 212 Å². The fraction of sp³-hybridized carbons (Fsp3) is 0.600. The van der Waals surface area contributed by atoms with Gasteiger partial charge >= 0.3 is 11.4 Å². The lowest BCUT2D eigenvalue weighted by Gasteiger charge is -2.28. The van der Waals surface area contributed by atoms with Gasteiger partial charge in [-0.25, -0.2) is 9.59 Å². The lowest BCUT2D eigenvalue weighted by atomic mass is 10.2. The summed E-state index contributed by atoms with van der Waals surface area (Å²) in [4.78, 5) is 64.4. The lowest BCUT2D eigenvalue weighted by Crippen LogP contribution is -2.33. The van der Waals surface area contributed by atoms with Crippen molar-refractivity contribution in [3.63, 3.8) is 0 Å². The van der Waals surface area contributed by atoms with Crippen LogP contribution in [0.4, 0.5) is 0 Å². The van der Waals surface area contributed by atoms with E-state index >= 15 is 0 Å². The Balaban J connectivity index is 1.39. The molecule has 2 aliphatic rings. The number of nitrogens with one attached hydrogen (secondary N) is 2. The van der Waals surface area contributed by atoms with E-state index in [-0.39, 0.29) is 29.7 Å². The summed E-state index contributed by atoms with van der Waals surface area (Å²) in [5.74, 6) is -0.227. The van der Waals surface area contributed by atoms with Crippen LogP contribution in [0.2, 0.25) is 0 Å². The van der Waals surface area contributed by atoms with E-state index in [4.69, 9.17) is 14.0 Å².